The number of fused-ring (bicyclic) bond motifs is 1. The Kier molecular flexibility index (Phi) is 4.07. The van der Waals surface area contributed by atoms with E-state index in [-0.39, 0.29) is 17.4 Å². The summed E-state index contributed by atoms with van der Waals surface area (Å²) in [6.07, 6.45) is -2.97. The van der Waals surface area contributed by atoms with Crippen molar-refractivity contribution in [3.05, 3.63) is 12.0 Å². The first-order valence-corrected chi connectivity index (χ1v) is 9.36. The highest BCUT2D eigenvalue weighted by Crippen LogP contribution is 2.44. The standard InChI is InChI=1S/C13H17FN6O5S/c14-8-10(21)6(3-24-26(16,22)23)25-13(8)20-12-7(11(15)17-4-18-12)9(19-20)5-1-2-5/h4-6,8,10,13,21H,1-3H2,(H2,15,17,18)(H2,16,22,23)/t6-,8+,10-,13-/m1/s1. The summed E-state index contributed by atoms with van der Waals surface area (Å²) in [4.78, 5) is 8.07. The number of aromatic nitrogens is 4. The molecule has 4 rings (SSSR count). The maximum absolute atomic E-state index is 14.6. The van der Waals surface area contributed by atoms with Crippen molar-refractivity contribution in [2.45, 2.75) is 43.4 Å². The number of alkyl halides is 1. The topological polar surface area (TPSA) is 168 Å². The molecule has 0 aromatic carbocycles. The fourth-order valence-electron chi connectivity index (χ4n) is 3.04. The molecule has 0 spiro atoms. The summed E-state index contributed by atoms with van der Waals surface area (Å²) in [5.41, 5.74) is 6.87. The van der Waals surface area contributed by atoms with Crippen LogP contribution in [0.15, 0.2) is 6.33 Å². The number of ether oxygens (including phenoxy) is 1. The molecule has 0 radical (unpaired) electrons. The third-order valence-corrected chi connectivity index (χ3v) is 4.91. The van der Waals surface area contributed by atoms with Gasteiger partial charge in [0.2, 0.25) is 0 Å². The van der Waals surface area contributed by atoms with Crippen LogP contribution in [0.1, 0.15) is 30.7 Å². The quantitative estimate of drug-likeness (QED) is 0.587. The Hall–Kier alpha value is -1.93. The lowest BCUT2D eigenvalue weighted by atomic mass is 10.1. The average molecular weight is 388 g/mol. The Morgan fingerprint density at radius 1 is 1.42 bits per heavy atom. The van der Waals surface area contributed by atoms with Crippen LogP contribution < -0.4 is 10.9 Å². The van der Waals surface area contributed by atoms with Gasteiger partial charge < -0.3 is 15.6 Å². The van der Waals surface area contributed by atoms with Crippen LogP contribution in [0.2, 0.25) is 0 Å². The minimum Gasteiger partial charge on any atom is -0.387 e. The highest BCUT2D eigenvalue weighted by atomic mass is 32.2. The van der Waals surface area contributed by atoms with Crippen LogP contribution in [0, 0.1) is 0 Å². The van der Waals surface area contributed by atoms with E-state index < -0.39 is 41.5 Å². The normalized spacial score (nSPS) is 29.5. The number of anilines is 1. The molecule has 2 aromatic heterocycles. The van der Waals surface area contributed by atoms with Crippen molar-refractivity contribution in [2.75, 3.05) is 12.3 Å². The van der Waals surface area contributed by atoms with Crippen molar-refractivity contribution in [1.82, 2.24) is 19.7 Å². The third-order valence-electron chi connectivity index (χ3n) is 4.44. The smallest absolute Gasteiger partial charge is 0.333 e. The maximum atomic E-state index is 14.6. The van der Waals surface area contributed by atoms with Crippen molar-refractivity contribution in [2.24, 2.45) is 5.14 Å². The van der Waals surface area contributed by atoms with E-state index >= 15 is 0 Å². The summed E-state index contributed by atoms with van der Waals surface area (Å²) in [5, 5.41) is 19.7. The van der Waals surface area contributed by atoms with Crippen molar-refractivity contribution < 1.29 is 26.8 Å². The highest BCUT2D eigenvalue weighted by Gasteiger charge is 2.47. The molecule has 1 saturated heterocycles. The monoisotopic (exact) mass is 388 g/mol. The molecule has 13 heteroatoms. The molecule has 142 valence electrons. The number of aliphatic hydroxyl groups is 1. The summed E-state index contributed by atoms with van der Waals surface area (Å²) < 4.78 is 47.5. The van der Waals surface area contributed by atoms with Gasteiger partial charge in [-0.3, -0.25) is 4.18 Å². The third kappa shape index (κ3) is 3.01. The molecule has 3 heterocycles. The van der Waals surface area contributed by atoms with E-state index in [9.17, 15) is 17.9 Å². The molecule has 11 nitrogen and oxygen atoms in total. The molecule has 26 heavy (non-hydrogen) atoms. The molecule has 1 aliphatic carbocycles. The summed E-state index contributed by atoms with van der Waals surface area (Å²) in [5.74, 6) is 0.421. The Bertz CT molecular complexity index is 948. The van der Waals surface area contributed by atoms with Crippen LogP contribution >= 0.6 is 0 Å². The summed E-state index contributed by atoms with van der Waals surface area (Å²) in [6, 6.07) is 0. The molecular formula is C13H17FN6O5S. The number of hydrogen-bond acceptors (Lipinski definition) is 9. The Morgan fingerprint density at radius 3 is 2.81 bits per heavy atom. The van der Waals surface area contributed by atoms with E-state index in [1.54, 1.807) is 0 Å². The number of nitrogens with zero attached hydrogens (tertiary/aromatic N) is 4. The van der Waals surface area contributed by atoms with Gasteiger partial charge >= 0.3 is 10.3 Å². The lowest BCUT2D eigenvalue weighted by Gasteiger charge is -2.14. The van der Waals surface area contributed by atoms with E-state index in [4.69, 9.17) is 15.6 Å². The highest BCUT2D eigenvalue weighted by molar-refractivity contribution is 7.84. The largest absolute Gasteiger partial charge is 0.387 e. The molecular weight excluding hydrogens is 371 g/mol. The molecule has 2 aliphatic rings. The van der Waals surface area contributed by atoms with Crippen LogP contribution in [0.3, 0.4) is 0 Å². The second-order valence-electron chi connectivity index (χ2n) is 6.34. The van der Waals surface area contributed by atoms with Gasteiger partial charge in [-0.25, -0.2) is 24.2 Å². The fourth-order valence-corrected chi connectivity index (χ4v) is 3.37. The molecule has 0 bridgehead atoms. The van der Waals surface area contributed by atoms with E-state index in [2.05, 4.69) is 19.2 Å². The van der Waals surface area contributed by atoms with E-state index in [1.807, 2.05) is 0 Å². The minimum absolute atomic E-state index is 0.193. The zero-order valence-corrected chi connectivity index (χ0v) is 14.2. The van der Waals surface area contributed by atoms with Gasteiger partial charge in [0.15, 0.2) is 18.0 Å². The number of aliphatic hydroxyl groups excluding tert-OH is 1. The van der Waals surface area contributed by atoms with Crippen molar-refractivity contribution in [1.29, 1.82) is 0 Å². The minimum atomic E-state index is -4.25. The lowest BCUT2D eigenvalue weighted by molar-refractivity contribution is -0.0453. The Balaban J connectivity index is 1.68. The van der Waals surface area contributed by atoms with Crippen LogP contribution in [-0.2, 0) is 19.2 Å². The lowest BCUT2D eigenvalue weighted by Crippen LogP contribution is -2.33. The van der Waals surface area contributed by atoms with Crippen molar-refractivity contribution in [3.8, 4) is 0 Å². The van der Waals surface area contributed by atoms with E-state index in [1.165, 1.54) is 11.0 Å². The summed E-state index contributed by atoms with van der Waals surface area (Å²) in [7, 11) is -4.25. The van der Waals surface area contributed by atoms with Gasteiger partial charge in [-0.05, 0) is 12.8 Å². The number of nitrogen functional groups attached to an aromatic ring is 1. The zero-order chi connectivity index (χ0) is 18.6. The molecule has 0 unspecified atom stereocenters. The Morgan fingerprint density at radius 2 is 2.15 bits per heavy atom. The molecule has 1 aliphatic heterocycles. The molecule has 4 atom stereocenters. The first-order chi connectivity index (χ1) is 12.3. The zero-order valence-electron chi connectivity index (χ0n) is 13.4. The van der Waals surface area contributed by atoms with E-state index in [0.29, 0.717) is 11.1 Å². The van der Waals surface area contributed by atoms with Gasteiger partial charge in [0.25, 0.3) is 0 Å². The van der Waals surface area contributed by atoms with Crippen LogP contribution in [-0.4, -0.2) is 58.3 Å². The second-order valence-corrected chi connectivity index (χ2v) is 7.56. The van der Waals surface area contributed by atoms with Gasteiger partial charge in [-0.15, -0.1) is 0 Å². The summed E-state index contributed by atoms with van der Waals surface area (Å²) in [6.45, 7) is -0.622. The SMILES string of the molecule is Nc1ncnc2c1c(C1CC1)nn2[C@@H]1O[C@H](COS(N)(=O)=O)[C@@H](O)[C@@H]1F. The van der Waals surface area contributed by atoms with Crippen molar-refractivity contribution >= 4 is 27.2 Å². The number of hydrogen-bond donors (Lipinski definition) is 3. The van der Waals surface area contributed by atoms with Gasteiger partial charge in [0.05, 0.1) is 17.7 Å². The van der Waals surface area contributed by atoms with Gasteiger partial charge in [0.1, 0.15) is 24.4 Å². The number of halogens is 1. The van der Waals surface area contributed by atoms with Crippen LogP contribution in [0.5, 0.6) is 0 Å². The number of nitrogens with two attached hydrogens (primary N) is 2. The van der Waals surface area contributed by atoms with Crippen LogP contribution in [0.4, 0.5) is 10.2 Å². The second kappa shape index (κ2) is 6.06. The van der Waals surface area contributed by atoms with Crippen LogP contribution in [0.25, 0.3) is 11.0 Å². The molecule has 2 aromatic rings. The van der Waals surface area contributed by atoms with E-state index in [0.717, 1.165) is 12.8 Å². The van der Waals surface area contributed by atoms with Gasteiger partial charge in [0, 0.05) is 5.92 Å². The predicted octanol–water partition coefficient (Wildman–Crippen LogP) is -0.898. The van der Waals surface area contributed by atoms with Gasteiger partial charge in [-0.1, -0.05) is 0 Å². The fraction of sp³-hybridized carbons (Fsp3) is 0.615. The average Bonchev–Trinajstić information content (AvgIpc) is 3.28. The predicted molar refractivity (Wildman–Crippen MR) is 85.6 cm³/mol. The molecule has 2 fully saturated rings. The first-order valence-electron chi connectivity index (χ1n) is 7.89. The molecule has 5 N–H and O–H groups in total. The number of rotatable bonds is 5. The maximum Gasteiger partial charge on any atom is 0.333 e. The molecule has 0 amide bonds. The summed E-state index contributed by atoms with van der Waals surface area (Å²) >= 11 is 0. The Labute approximate surface area is 147 Å². The molecule has 1 saturated carbocycles. The van der Waals surface area contributed by atoms with Crippen molar-refractivity contribution in [3.63, 3.8) is 0 Å². The van der Waals surface area contributed by atoms with Gasteiger partial charge in [-0.2, -0.15) is 13.5 Å². The first kappa shape index (κ1) is 17.5.